The number of halogens is 1. The maximum atomic E-state index is 11.3. The number of benzene rings is 1. The Labute approximate surface area is 119 Å². The molecule has 0 aliphatic rings. The van der Waals surface area contributed by atoms with Crippen molar-refractivity contribution < 1.29 is 9.90 Å². The first-order chi connectivity index (χ1) is 8.95. The highest BCUT2D eigenvalue weighted by molar-refractivity contribution is 6.31. The molecule has 106 valence electrons. The Hall–Kier alpha value is -1.26. The number of carboxylic acid groups (broad SMARTS) is 1. The molecule has 0 amide bonds. The maximum absolute atomic E-state index is 11.3. The first-order valence-electron chi connectivity index (χ1n) is 6.38. The zero-order valence-electron chi connectivity index (χ0n) is 11.7. The van der Waals surface area contributed by atoms with Crippen molar-refractivity contribution in [3.63, 3.8) is 0 Å². The van der Waals surface area contributed by atoms with Crippen LogP contribution in [0.3, 0.4) is 0 Å². The number of hydrogen-bond donors (Lipinski definition) is 1. The van der Waals surface area contributed by atoms with E-state index in [0.29, 0.717) is 5.02 Å². The van der Waals surface area contributed by atoms with Gasteiger partial charge in [0.2, 0.25) is 0 Å². The molecule has 0 radical (unpaired) electrons. The minimum absolute atomic E-state index is 0.263. The van der Waals surface area contributed by atoms with E-state index in [1.807, 2.05) is 21.0 Å². The second kappa shape index (κ2) is 7.36. The summed E-state index contributed by atoms with van der Waals surface area (Å²) >= 11 is 5.87. The zero-order valence-corrected chi connectivity index (χ0v) is 12.4. The minimum atomic E-state index is -0.941. The fraction of sp³-hybridized carbons (Fsp3) is 0.500. The second-order valence-electron chi connectivity index (χ2n) is 4.70. The van der Waals surface area contributed by atoms with Crippen molar-refractivity contribution in [3.05, 3.63) is 28.8 Å². The normalized spacial score (nSPS) is 10.8. The van der Waals surface area contributed by atoms with Crippen LogP contribution in [0.25, 0.3) is 0 Å². The Bertz CT molecular complexity index is 435. The van der Waals surface area contributed by atoms with Crippen molar-refractivity contribution in [2.45, 2.75) is 13.3 Å². The van der Waals surface area contributed by atoms with Crippen LogP contribution in [0.2, 0.25) is 5.02 Å². The smallest absolute Gasteiger partial charge is 0.337 e. The Morgan fingerprint density at radius 2 is 2.00 bits per heavy atom. The quantitative estimate of drug-likeness (QED) is 0.836. The molecule has 0 saturated carbocycles. The SMILES string of the molecule is CCN(CCCN(C)C)c1ccc(Cl)cc1C(=O)O. The molecule has 1 aromatic carbocycles. The van der Waals surface area contributed by atoms with Gasteiger partial charge in [-0.2, -0.15) is 0 Å². The van der Waals surface area contributed by atoms with Crippen LogP contribution in [-0.4, -0.2) is 49.7 Å². The van der Waals surface area contributed by atoms with Crippen LogP contribution in [0, 0.1) is 0 Å². The maximum Gasteiger partial charge on any atom is 0.337 e. The van der Waals surface area contributed by atoms with Crippen LogP contribution < -0.4 is 4.90 Å². The lowest BCUT2D eigenvalue weighted by Crippen LogP contribution is -2.28. The molecule has 0 unspecified atom stereocenters. The lowest BCUT2D eigenvalue weighted by atomic mass is 10.1. The third-order valence-electron chi connectivity index (χ3n) is 2.94. The van der Waals surface area contributed by atoms with Crippen molar-refractivity contribution in [2.24, 2.45) is 0 Å². The van der Waals surface area contributed by atoms with Gasteiger partial charge in [-0.15, -0.1) is 0 Å². The predicted octanol–water partition coefficient (Wildman–Crippen LogP) is 2.82. The van der Waals surface area contributed by atoms with E-state index >= 15 is 0 Å². The van der Waals surface area contributed by atoms with Crippen molar-refractivity contribution in [3.8, 4) is 0 Å². The molecule has 0 bridgehead atoms. The number of nitrogens with zero attached hydrogens (tertiary/aromatic N) is 2. The number of aromatic carboxylic acids is 1. The van der Waals surface area contributed by atoms with E-state index in [1.165, 1.54) is 6.07 Å². The standard InChI is InChI=1S/C14H21ClN2O2/c1-4-17(9-5-8-16(2)3)13-7-6-11(15)10-12(13)14(18)19/h6-7,10H,4-5,8-9H2,1-3H3,(H,18,19). The first kappa shape index (κ1) is 15.8. The summed E-state index contributed by atoms with van der Waals surface area (Å²) in [6.07, 6.45) is 0.989. The highest BCUT2D eigenvalue weighted by atomic mass is 35.5. The number of rotatable bonds is 7. The molecule has 0 spiro atoms. The molecule has 19 heavy (non-hydrogen) atoms. The third kappa shape index (κ3) is 4.73. The number of carbonyl (C=O) groups is 1. The van der Waals surface area contributed by atoms with Crippen LogP contribution in [0.15, 0.2) is 18.2 Å². The van der Waals surface area contributed by atoms with Gasteiger partial charge < -0.3 is 14.9 Å². The lowest BCUT2D eigenvalue weighted by molar-refractivity contribution is 0.0697. The van der Waals surface area contributed by atoms with Gasteiger partial charge in [-0.1, -0.05) is 11.6 Å². The summed E-state index contributed by atoms with van der Waals surface area (Å²) in [7, 11) is 4.06. The van der Waals surface area contributed by atoms with Crippen LogP contribution in [0.4, 0.5) is 5.69 Å². The van der Waals surface area contributed by atoms with Crippen LogP contribution in [-0.2, 0) is 0 Å². The molecule has 0 heterocycles. The summed E-state index contributed by atoms with van der Waals surface area (Å²) in [5.74, 6) is -0.941. The number of carboxylic acids is 1. The van der Waals surface area contributed by atoms with Crippen LogP contribution >= 0.6 is 11.6 Å². The molecular weight excluding hydrogens is 264 g/mol. The summed E-state index contributed by atoms with van der Waals surface area (Å²) in [5, 5.41) is 9.70. The van der Waals surface area contributed by atoms with E-state index in [1.54, 1.807) is 12.1 Å². The molecule has 0 saturated heterocycles. The van der Waals surface area contributed by atoms with E-state index < -0.39 is 5.97 Å². The second-order valence-corrected chi connectivity index (χ2v) is 5.14. The van der Waals surface area contributed by atoms with Crippen LogP contribution in [0.1, 0.15) is 23.7 Å². The van der Waals surface area contributed by atoms with Gasteiger partial charge in [-0.3, -0.25) is 0 Å². The van der Waals surface area contributed by atoms with E-state index in [4.69, 9.17) is 11.6 Å². The topological polar surface area (TPSA) is 43.8 Å². The average molecular weight is 285 g/mol. The van der Waals surface area contributed by atoms with Crippen molar-refractivity contribution in [1.29, 1.82) is 0 Å². The van der Waals surface area contributed by atoms with Gasteiger partial charge in [0.05, 0.1) is 11.3 Å². The van der Waals surface area contributed by atoms with E-state index in [0.717, 1.165) is 31.7 Å². The Kier molecular flexibility index (Phi) is 6.12. The number of anilines is 1. The summed E-state index contributed by atoms with van der Waals surface area (Å²) < 4.78 is 0. The van der Waals surface area contributed by atoms with Gasteiger partial charge in [-0.25, -0.2) is 4.79 Å². The van der Waals surface area contributed by atoms with Gasteiger partial charge in [0.1, 0.15) is 0 Å². The molecule has 1 rings (SSSR count). The number of hydrogen-bond acceptors (Lipinski definition) is 3. The highest BCUT2D eigenvalue weighted by Gasteiger charge is 2.15. The summed E-state index contributed by atoms with van der Waals surface area (Å²) in [6.45, 7) is 4.61. The monoisotopic (exact) mass is 284 g/mol. The Morgan fingerprint density at radius 1 is 1.32 bits per heavy atom. The molecular formula is C14H21ClN2O2. The van der Waals surface area contributed by atoms with Crippen molar-refractivity contribution in [2.75, 3.05) is 38.6 Å². The molecule has 1 N–H and O–H groups in total. The predicted molar refractivity (Wildman–Crippen MR) is 79.5 cm³/mol. The summed E-state index contributed by atoms with van der Waals surface area (Å²) in [5.41, 5.74) is 0.998. The average Bonchev–Trinajstić information content (AvgIpc) is 2.34. The Morgan fingerprint density at radius 3 is 2.53 bits per heavy atom. The molecule has 0 aliphatic carbocycles. The first-order valence-corrected chi connectivity index (χ1v) is 6.76. The summed E-state index contributed by atoms with van der Waals surface area (Å²) in [6, 6.07) is 5.02. The minimum Gasteiger partial charge on any atom is -0.478 e. The fourth-order valence-electron chi connectivity index (χ4n) is 1.98. The lowest BCUT2D eigenvalue weighted by Gasteiger charge is -2.25. The molecule has 0 aromatic heterocycles. The van der Waals surface area contributed by atoms with Gasteiger partial charge >= 0.3 is 5.97 Å². The van der Waals surface area contributed by atoms with Gasteiger partial charge in [0, 0.05) is 18.1 Å². The van der Waals surface area contributed by atoms with Crippen LogP contribution in [0.5, 0.6) is 0 Å². The molecule has 0 fully saturated rings. The molecule has 1 aromatic rings. The van der Waals surface area contributed by atoms with Crippen molar-refractivity contribution in [1.82, 2.24) is 4.90 Å². The largest absolute Gasteiger partial charge is 0.478 e. The van der Waals surface area contributed by atoms with Gasteiger partial charge in [0.15, 0.2) is 0 Å². The fourth-order valence-corrected chi connectivity index (χ4v) is 2.15. The Balaban J connectivity index is 2.88. The highest BCUT2D eigenvalue weighted by Crippen LogP contribution is 2.24. The zero-order chi connectivity index (χ0) is 14.4. The molecule has 0 aliphatic heterocycles. The van der Waals surface area contributed by atoms with E-state index in [2.05, 4.69) is 9.80 Å². The summed E-state index contributed by atoms with van der Waals surface area (Å²) in [4.78, 5) is 15.5. The van der Waals surface area contributed by atoms with Gasteiger partial charge in [-0.05, 0) is 52.2 Å². The molecule has 4 nitrogen and oxygen atoms in total. The van der Waals surface area contributed by atoms with E-state index in [-0.39, 0.29) is 5.56 Å². The molecule has 5 heteroatoms. The van der Waals surface area contributed by atoms with Crippen molar-refractivity contribution >= 4 is 23.3 Å². The van der Waals surface area contributed by atoms with Gasteiger partial charge in [0.25, 0.3) is 0 Å². The van der Waals surface area contributed by atoms with E-state index in [9.17, 15) is 9.90 Å². The third-order valence-corrected chi connectivity index (χ3v) is 3.18. The molecule has 0 atom stereocenters.